The van der Waals surface area contributed by atoms with Crippen LogP contribution in [-0.4, -0.2) is 29.5 Å². The Balaban J connectivity index is 1.87. The van der Waals surface area contributed by atoms with Gasteiger partial charge in [-0.25, -0.2) is 9.97 Å². The van der Waals surface area contributed by atoms with Crippen molar-refractivity contribution in [3.8, 4) is 5.95 Å². The Labute approximate surface area is 160 Å². The van der Waals surface area contributed by atoms with Crippen molar-refractivity contribution in [1.29, 1.82) is 0 Å². The molecule has 1 fully saturated rings. The van der Waals surface area contributed by atoms with Crippen LogP contribution in [0.25, 0.3) is 22.5 Å². The highest BCUT2D eigenvalue weighted by Crippen LogP contribution is 2.49. The molecule has 0 N–H and O–H groups in total. The highest BCUT2D eigenvalue weighted by atomic mass is 35.5. The molecule has 5 nitrogen and oxygen atoms in total. The summed E-state index contributed by atoms with van der Waals surface area (Å²) >= 11 is 12.4. The fourth-order valence-electron chi connectivity index (χ4n) is 3.34. The molecule has 1 saturated carbocycles. The van der Waals surface area contributed by atoms with E-state index in [-0.39, 0.29) is 22.7 Å². The number of alkyl halides is 4. The van der Waals surface area contributed by atoms with Crippen molar-refractivity contribution in [3.63, 3.8) is 0 Å². The van der Waals surface area contributed by atoms with Crippen LogP contribution < -0.4 is 0 Å². The lowest BCUT2D eigenvalue weighted by atomic mass is 10.2. The Morgan fingerprint density at radius 3 is 2.67 bits per heavy atom. The summed E-state index contributed by atoms with van der Waals surface area (Å²) in [7, 11) is 0. The molecule has 1 aliphatic carbocycles. The molecule has 0 radical (unpaired) electrons. The topological polar surface area (TPSA) is 48.0 Å². The predicted molar refractivity (Wildman–Crippen MR) is 94.6 cm³/mol. The molecular formula is C17H10Cl2F3N5. The standard InChI is InChI=1S/C17H10Cl2F3N5/c18-10-3-1-2-8-7-24-27(13(8)10)16-23-5-4-12-25-15(17(20,21)22)14(26(12)16)9-6-11(9)19/h1-5,7,9,11H,6H2. The first-order valence-corrected chi connectivity index (χ1v) is 8.89. The van der Waals surface area contributed by atoms with Gasteiger partial charge in [-0.3, -0.25) is 4.40 Å². The molecule has 2 atom stereocenters. The largest absolute Gasteiger partial charge is 0.435 e. The van der Waals surface area contributed by atoms with Crippen LogP contribution in [0.15, 0.2) is 36.7 Å². The van der Waals surface area contributed by atoms with Crippen LogP contribution in [0.1, 0.15) is 23.7 Å². The third kappa shape index (κ3) is 2.50. The quantitative estimate of drug-likeness (QED) is 0.443. The fourth-order valence-corrected chi connectivity index (χ4v) is 3.91. The number of nitrogens with zero attached hydrogens (tertiary/aromatic N) is 5. The van der Waals surface area contributed by atoms with Crippen molar-refractivity contribution < 1.29 is 13.2 Å². The van der Waals surface area contributed by atoms with Crippen LogP contribution in [0, 0.1) is 0 Å². The number of benzene rings is 1. The second-order valence-electron chi connectivity index (χ2n) is 6.37. The van der Waals surface area contributed by atoms with E-state index in [0.717, 1.165) is 5.39 Å². The van der Waals surface area contributed by atoms with Gasteiger partial charge >= 0.3 is 6.18 Å². The molecular weight excluding hydrogens is 402 g/mol. The molecule has 27 heavy (non-hydrogen) atoms. The summed E-state index contributed by atoms with van der Waals surface area (Å²) in [4.78, 5) is 8.10. The van der Waals surface area contributed by atoms with Crippen LogP contribution in [0.3, 0.4) is 0 Å². The van der Waals surface area contributed by atoms with E-state index in [2.05, 4.69) is 15.1 Å². The third-order valence-electron chi connectivity index (χ3n) is 4.62. The zero-order valence-electron chi connectivity index (χ0n) is 13.5. The van der Waals surface area contributed by atoms with Crippen molar-refractivity contribution in [2.45, 2.75) is 23.9 Å². The van der Waals surface area contributed by atoms with E-state index in [1.165, 1.54) is 21.3 Å². The SMILES string of the molecule is FC(F)(F)c1nc2ccnc(-n3ncc4cccc(Cl)c43)n2c1C1CC1Cl. The van der Waals surface area contributed by atoms with E-state index in [9.17, 15) is 13.2 Å². The summed E-state index contributed by atoms with van der Waals surface area (Å²) < 4.78 is 43.6. The molecule has 0 spiro atoms. The minimum Gasteiger partial charge on any atom is -0.264 e. The van der Waals surface area contributed by atoms with Gasteiger partial charge < -0.3 is 0 Å². The van der Waals surface area contributed by atoms with Crippen molar-refractivity contribution in [1.82, 2.24) is 24.1 Å². The molecule has 138 valence electrons. The van der Waals surface area contributed by atoms with Crippen LogP contribution in [-0.2, 0) is 6.18 Å². The molecule has 3 heterocycles. The Morgan fingerprint density at radius 2 is 1.96 bits per heavy atom. The molecule has 2 unspecified atom stereocenters. The number of hydrogen-bond donors (Lipinski definition) is 0. The minimum absolute atomic E-state index is 0.0105. The maximum atomic E-state index is 13.6. The van der Waals surface area contributed by atoms with Gasteiger partial charge in [0.05, 0.1) is 22.4 Å². The van der Waals surface area contributed by atoms with Crippen LogP contribution in [0.4, 0.5) is 13.2 Å². The first kappa shape index (κ1) is 16.8. The predicted octanol–water partition coefficient (Wildman–Crippen LogP) is 4.84. The van der Waals surface area contributed by atoms with E-state index in [1.807, 2.05) is 6.07 Å². The van der Waals surface area contributed by atoms with Crippen molar-refractivity contribution in [2.24, 2.45) is 0 Å². The molecule has 5 rings (SSSR count). The van der Waals surface area contributed by atoms with E-state index in [0.29, 0.717) is 17.0 Å². The molecule has 0 bridgehead atoms. The summed E-state index contributed by atoms with van der Waals surface area (Å²) in [6, 6.07) is 6.71. The molecule has 0 aliphatic heterocycles. The summed E-state index contributed by atoms with van der Waals surface area (Å²) in [5.74, 6) is -0.261. The van der Waals surface area contributed by atoms with Gasteiger partial charge in [0, 0.05) is 22.9 Å². The molecule has 1 aromatic carbocycles. The van der Waals surface area contributed by atoms with Crippen molar-refractivity contribution in [2.75, 3.05) is 0 Å². The first-order chi connectivity index (χ1) is 12.9. The first-order valence-electron chi connectivity index (χ1n) is 8.07. The number of rotatable bonds is 2. The third-order valence-corrected chi connectivity index (χ3v) is 5.40. The molecule has 1 aliphatic rings. The Kier molecular flexibility index (Phi) is 3.48. The number of hydrogen-bond acceptors (Lipinski definition) is 3. The van der Waals surface area contributed by atoms with E-state index < -0.39 is 17.8 Å². The van der Waals surface area contributed by atoms with Crippen LogP contribution >= 0.6 is 23.2 Å². The zero-order valence-corrected chi connectivity index (χ0v) is 15.0. The van der Waals surface area contributed by atoms with Gasteiger partial charge in [0.2, 0.25) is 5.95 Å². The highest BCUT2D eigenvalue weighted by Gasteiger charge is 2.47. The molecule has 10 heteroatoms. The summed E-state index contributed by atoms with van der Waals surface area (Å²) in [5, 5.41) is 5.10. The van der Waals surface area contributed by atoms with Gasteiger partial charge in [0.1, 0.15) is 5.65 Å². The number of para-hydroxylation sites is 1. The normalized spacial score (nSPS) is 19.9. The maximum Gasteiger partial charge on any atom is 0.435 e. The minimum atomic E-state index is -4.60. The Hall–Kier alpha value is -2.32. The number of halogens is 5. The summed E-state index contributed by atoms with van der Waals surface area (Å²) in [6.45, 7) is 0. The molecule has 4 aromatic rings. The lowest BCUT2D eigenvalue weighted by molar-refractivity contribution is -0.141. The number of aromatic nitrogens is 5. The maximum absolute atomic E-state index is 13.6. The van der Waals surface area contributed by atoms with Crippen molar-refractivity contribution in [3.05, 3.63) is 53.1 Å². The summed E-state index contributed by atoms with van der Waals surface area (Å²) in [6.07, 6.45) is -1.16. The van der Waals surface area contributed by atoms with Gasteiger partial charge in [-0.2, -0.15) is 23.0 Å². The Bertz CT molecular complexity index is 1200. The lowest BCUT2D eigenvalue weighted by Crippen LogP contribution is -2.12. The van der Waals surface area contributed by atoms with E-state index in [1.54, 1.807) is 18.3 Å². The monoisotopic (exact) mass is 411 g/mol. The second-order valence-corrected chi connectivity index (χ2v) is 7.34. The van der Waals surface area contributed by atoms with Crippen molar-refractivity contribution >= 4 is 39.8 Å². The van der Waals surface area contributed by atoms with Gasteiger partial charge in [-0.15, -0.1) is 11.6 Å². The smallest absolute Gasteiger partial charge is 0.264 e. The number of imidazole rings is 1. The van der Waals surface area contributed by atoms with Gasteiger partial charge in [-0.1, -0.05) is 23.7 Å². The zero-order chi connectivity index (χ0) is 18.9. The fraction of sp³-hybridized carbons (Fsp3) is 0.235. The van der Waals surface area contributed by atoms with Crippen LogP contribution in [0.2, 0.25) is 5.02 Å². The second kappa shape index (κ2) is 5.59. The molecule has 3 aromatic heterocycles. The van der Waals surface area contributed by atoms with E-state index in [4.69, 9.17) is 23.2 Å². The Morgan fingerprint density at radius 1 is 1.19 bits per heavy atom. The number of fused-ring (bicyclic) bond motifs is 2. The van der Waals surface area contributed by atoms with Crippen LogP contribution in [0.5, 0.6) is 0 Å². The summed E-state index contributed by atoms with van der Waals surface area (Å²) in [5.41, 5.74) is -0.233. The van der Waals surface area contributed by atoms with Gasteiger partial charge in [-0.05, 0) is 18.6 Å². The highest BCUT2D eigenvalue weighted by molar-refractivity contribution is 6.35. The molecule has 0 saturated heterocycles. The molecule has 0 amide bonds. The average Bonchev–Trinajstić information content (AvgIpc) is 3.05. The lowest BCUT2D eigenvalue weighted by Gasteiger charge is -2.11. The van der Waals surface area contributed by atoms with Gasteiger partial charge in [0.15, 0.2) is 5.69 Å². The van der Waals surface area contributed by atoms with Gasteiger partial charge in [0.25, 0.3) is 0 Å². The van der Waals surface area contributed by atoms with E-state index >= 15 is 0 Å². The average molecular weight is 412 g/mol.